The molecule has 0 spiro atoms. The van der Waals surface area contributed by atoms with Crippen molar-refractivity contribution in [3.63, 3.8) is 0 Å². The molecule has 21 heavy (non-hydrogen) atoms. The molecule has 6 nitrogen and oxygen atoms in total. The lowest BCUT2D eigenvalue weighted by atomic mass is 9.81. The van der Waals surface area contributed by atoms with Crippen LogP contribution in [-0.4, -0.2) is 16.1 Å². The van der Waals surface area contributed by atoms with Crippen LogP contribution < -0.4 is 22.3 Å². The molecule has 1 aromatic heterocycles. The van der Waals surface area contributed by atoms with Crippen LogP contribution in [0.3, 0.4) is 0 Å². The predicted molar refractivity (Wildman–Crippen MR) is 87.8 cm³/mol. The van der Waals surface area contributed by atoms with E-state index in [2.05, 4.69) is 38.0 Å². The zero-order valence-corrected chi connectivity index (χ0v) is 13.7. The van der Waals surface area contributed by atoms with Crippen LogP contribution in [-0.2, 0) is 6.54 Å². The molecule has 0 fully saturated rings. The molecule has 6 heteroatoms. The number of rotatable bonds is 7. The number of aromatic nitrogens is 2. The van der Waals surface area contributed by atoms with Gasteiger partial charge in [0.2, 0.25) is 0 Å². The topological polar surface area (TPSA) is 92.9 Å². The lowest BCUT2D eigenvalue weighted by Crippen LogP contribution is -2.36. The first kappa shape index (κ1) is 17.3. The van der Waals surface area contributed by atoms with Gasteiger partial charge in [0.15, 0.2) is 0 Å². The monoisotopic (exact) mass is 296 g/mol. The number of aromatic amines is 1. The summed E-state index contributed by atoms with van der Waals surface area (Å²) in [5.74, 6) is 0.674. The molecule has 0 radical (unpaired) electrons. The first-order valence-electron chi connectivity index (χ1n) is 7.57. The highest BCUT2D eigenvalue weighted by Gasteiger charge is 2.23. The second-order valence-corrected chi connectivity index (χ2v) is 6.52. The van der Waals surface area contributed by atoms with E-state index in [0.717, 1.165) is 12.8 Å². The van der Waals surface area contributed by atoms with Gasteiger partial charge in [0.25, 0.3) is 5.56 Å². The van der Waals surface area contributed by atoms with Crippen molar-refractivity contribution in [3.05, 3.63) is 20.8 Å². The van der Waals surface area contributed by atoms with E-state index in [0.29, 0.717) is 24.7 Å². The van der Waals surface area contributed by atoms with E-state index >= 15 is 0 Å². The van der Waals surface area contributed by atoms with Crippen molar-refractivity contribution >= 4 is 11.5 Å². The van der Waals surface area contributed by atoms with Gasteiger partial charge < -0.3 is 11.1 Å². The smallest absolute Gasteiger partial charge is 0.330 e. The van der Waals surface area contributed by atoms with E-state index < -0.39 is 11.2 Å². The van der Waals surface area contributed by atoms with Crippen molar-refractivity contribution in [1.29, 1.82) is 0 Å². The fraction of sp³-hybridized carbons (Fsp3) is 0.733. The minimum atomic E-state index is -0.454. The molecule has 0 aliphatic carbocycles. The molecule has 1 rings (SSSR count). The van der Waals surface area contributed by atoms with Gasteiger partial charge in [-0.2, -0.15) is 0 Å². The maximum atomic E-state index is 12.0. The minimum absolute atomic E-state index is 0.0171. The zero-order chi connectivity index (χ0) is 16.2. The summed E-state index contributed by atoms with van der Waals surface area (Å²) in [6, 6.07) is 0. The Balaban J connectivity index is 3.08. The molecule has 0 unspecified atom stereocenters. The standard InChI is InChI=1S/C15H28N4O2/c1-6-7-8-19-12(16)11(13(20)18-14(19)21)17-9-15(4,5)10(2)3/h10,17H,6-9,16H2,1-5H3,(H,18,20,21). The third-order valence-corrected chi connectivity index (χ3v) is 4.26. The summed E-state index contributed by atoms with van der Waals surface area (Å²) in [5.41, 5.74) is 5.42. The second kappa shape index (κ2) is 6.83. The highest BCUT2D eigenvalue weighted by molar-refractivity contribution is 5.60. The summed E-state index contributed by atoms with van der Waals surface area (Å²) in [6.45, 7) is 11.7. The van der Waals surface area contributed by atoms with Crippen molar-refractivity contribution in [2.24, 2.45) is 11.3 Å². The SMILES string of the molecule is CCCCn1c(N)c(NCC(C)(C)C(C)C)c(=O)[nH]c1=O. The van der Waals surface area contributed by atoms with Crippen LogP contribution in [0.1, 0.15) is 47.5 Å². The van der Waals surface area contributed by atoms with Gasteiger partial charge in [-0.15, -0.1) is 0 Å². The first-order valence-corrected chi connectivity index (χ1v) is 7.57. The number of hydrogen-bond acceptors (Lipinski definition) is 4. The molecule has 0 saturated carbocycles. The lowest BCUT2D eigenvalue weighted by molar-refractivity contribution is 0.269. The molecule has 0 aromatic carbocycles. The second-order valence-electron chi connectivity index (χ2n) is 6.52. The summed E-state index contributed by atoms with van der Waals surface area (Å²) in [7, 11) is 0. The van der Waals surface area contributed by atoms with Crippen molar-refractivity contribution in [3.8, 4) is 0 Å². The van der Waals surface area contributed by atoms with Gasteiger partial charge in [-0.3, -0.25) is 14.3 Å². The summed E-state index contributed by atoms with van der Waals surface area (Å²) in [6.07, 6.45) is 1.79. The molecule has 1 heterocycles. The normalized spacial score (nSPS) is 11.9. The maximum Gasteiger partial charge on any atom is 0.330 e. The number of nitrogen functional groups attached to an aromatic ring is 1. The van der Waals surface area contributed by atoms with Gasteiger partial charge in [-0.05, 0) is 17.8 Å². The number of anilines is 2. The van der Waals surface area contributed by atoms with Gasteiger partial charge in [0.05, 0.1) is 0 Å². The van der Waals surface area contributed by atoms with Crippen molar-refractivity contribution in [2.45, 2.75) is 54.0 Å². The summed E-state index contributed by atoms with van der Waals surface area (Å²) >= 11 is 0. The molecule has 0 amide bonds. The lowest BCUT2D eigenvalue weighted by Gasteiger charge is -2.30. The van der Waals surface area contributed by atoms with Crippen LogP contribution in [0, 0.1) is 11.3 Å². The number of hydrogen-bond donors (Lipinski definition) is 3. The Hall–Kier alpha value is -1.72. The fourth-order valence-corrected chi connectivity index (χ4v) is 1.82. The largest absolute Gasteiger partial charge is 0.383 e. The van der Waals surface area contributed by atoms with Crippen LogP contribution >= 0.6 is 0 Å². The minimum Gasteiger partial charge on any atom is -0.383 e. The van der Waals surface area contributed by atoms with Crippen LogP contribution in [0.5, 0.6) is 0 Å². The molecule has 0 atom stereocenters. The van der Waals surface area contributed by atoms with E-state index in [9.17, 15) is 9.59 Å². The van der Waals surface area contributed by atoms with Crippen LogP contribution in [0.4, 0.5) is 11.5 Å². The van der Waals surface area contributed by atoms with Gasteiger partial charge >= 0.3 is 5.69 Å². The molecular weight excluding hydrogens is 268 g/mol. The molecule has 1 aromatic rings. The van der Waals surface area contributed by atoms with Crippen molar-refractivity contribution < 1.29 is 0 Å². The third-order valence-electron chi connectivity index (χ3n) is 4.26. The Bertz CT molecular complexity index is 584. The maximum absolute atomic E-state index is 12.0. The van der Waals surface area contributed by atoms with Crippen LogP contribution in [0.15, 0.2) is 9.59 Å². The van der Waals surface area contributed by atoms with E-state index in [1.165, 1.54) is 4.57 Å². The first-order chi connectivity index (χ1) is 9.70. The molecule has 0 aliphatic heterocycles. The van der Waals surface area contributed by atoms with Gasteiger partial charge in [-0.25, -0.2) is 4.79 Å². The van der Waals surface area contributed by atoms with Crippen LogP contribution in [0.25, 0.3) is 0 Å². The highest BCUT2D eigenvalue weighted by Crippen LogP contribution is 2.26. The Kier molecular flexibility index (Phi) is 5.63. The molecule has 0 saturated heterocycles. The quantitative estimate of drug-likeness (QED) is 0.717. The van der Waals surface area contributed by atoms with E-state index in [1.807, 2.05) is 6.92 Å². The van der Waals surface area contributed by atoms with Gasteiger partial charge in [0.1, 0.15) is 11.5 Å². The molecule has 4 N–H and O–H groups in total. The molecule has 0 aliphatic rings. The average molecular weight is 296 g/mol. The van der Waals surface area contributed by atoms with Crippen LogP contribution in [0.2, 0.25) is 0 Å². The highest BCUT2D eigenvalue weighted by atomic mass is 16.2. The van der Waals surface area contributed by atoms with E-state index in [-0.39, 0.29) is 11.2 Å². The number of nitrogens with zero attached hydrogens (tertiary/aromatic N) is 1. The summed E-state index contributed by atoms with van der Waals surface area (Å²) < 4.78 is 1.43. The van der Waals surface area contributed by atoms with Crippen molar-refractivity contribution in [1.82, 2.24) is 9.55 Å². The number of nitrogens with one attached hydrogen (secondary N) is 2. The zero-order valence-electron chi connectivity index (χ0n) is 13.7. The summed E-state index contributed by atoms with van der Waals surface area (Å²) in [5, 5.41) is 3.12. The number of H-pyrrole nitrogens is 1. The number of nitrogens with two attached hydrogens (primary N) is 1. The molecule has 0 bridgehead atoms. The molecule has 120 valence electrons. The predicted octanol–water partition coefficient (Wildman–Crippen LogP) is 2.01. The van der Waals surface area contributed by atoms with Gasteiger partial charge in [-0.1, -0.05) is 41.0 Å². The van der Waals surface area contributed by atoms with E-state index in [4.69, 9.17) is 5.73 Å². The Morgan fingerprint density at radius 1 is 1.33 bits per heavy atom. The Morgan fingerprint density at radius 2 is 1.95 bits per heavy atom. The number of unbranched alkanes of at least 4 members (excludes halogenated alkanes) is 1. The fourth-order valence-electron chi connectivity index (χ4n) is 1.82. The van der Waals surface area contributed by atoms with Crippen molar-refractivity contribution in [2.75, 3.05) is 17.6 Å². The third kappa shape index (κ3) is 4.12. The molecular formula is C15H28N4O2. The average Bonchev–Trinajstić information content (AvgIpc) is 2.37. The van der Waals surface area contributed by atoms with E-state index in [1.54, 1.807) is 0 Å². The van der Waals surface area contributed by atoms with Gasteiger partial charge in [0, 0.05) is 13.1 Å². The summed E-state index contributed by atoms with van der Waals surface area (Å²) in [4.78, 5) is 26.1. The Morgan fingerprint density at radius 3 is 2.48 bits per heavy atom. The Labute approximate surface area is 125 Å².